The van der Waals surface area contributed by atoms with Gasteiger partial charge in [-0.2, -0.15) is 5.26 Å². The SMILES string of the molecule is CN1CCN(c2ccc(C(N)=O)c(-c3ccc(Oc4ccc(C#N)cc4)cc3)n2)CC1. The molecule has 31 heavy (non-hydrogen) atoms. The number of carbonyl (C=O) groups is 1. The molecule has 1 saturated heterocycles. The van der Waals surface area contributed by atoms with Crippen LogP contribution in [0.4, 0.5) is 5.82 Å². The fourth-order valence-corrected chi connectivity index (χ4v) is 3.49. The summed E-state index contributed by atoms with van der Waals surface area (Å²) in [6, 6.07) is 20.0. The number of aromatic nitrogens is 1. The molecule has 3 aromatic rings. The van der Waals surface area contributed by atoms with Crippen molar-refractivity contribution in [3.8, 4) is 28.8 Å². The number of pyridine rings is 1. The van der Waals surface area contributed by atoms with Gasteiger partial charge in [-0.1, -0.05) is 0 Å². The van der Waals surface area contributed by atoms with Crippen LogP contribution in [0.1, 0.15) is 15.9 Å². The molecule has 4 rings (SSSR count). The highest BCUT2D eigenvalue weighted by molar-refractivity contribution is 5.99. The number of amides is 1. The number of rotatable bonds is 5. The molecule has 0 bridgehead atoms. The molecule has 0 unspecified atom stereocenters. The second-order valence-corrected chi connectivity index (χ2v) is 7.48. The summed E-state index contributed by atoms with van der Waals surface area (Å²) in [6.45, 7) is 3.71. The lowest BCUT2D eigenvalue weighted by Gasteiger charge is -2.33. The summed E-state index contributed by atoms with van der Waals surface area (Å²) < 4.78 is 5.84. The van der Waals surface area contributed by atoms with Gasteiger partial charge in [-0.15, -0.1) is 0 Å². The van der Waals surface area contributed by atoms with Crippen LogP contribution in [-0.2, 0) is 0 Å². The Kier molecular flexibility index (Phi) is 5.83. The number of anilines is 1. The Morgan fingerprint density at radius 3 is 2.16 bits per heavy atom. The summed E-state index contributed by atoms with van der Waals surface area (Å²) in [5, 5.41) is 8.90. The van der Waals surface area contributed by atoms with Gasteiger partial charge < -0.3 is 20.3 Å². The summed E-state index contributed by atoms with van der Waals surface area (Å²) in [5.41, 5.74) is 7.92. The zero-order valence-corrected chi connectivity index (χ0v) is 17.3. The average molecular weight is 413 g/mol. The lowest BCUT2D eigenvalue weighted by Crippen LogP contribution is -2.44. The Hall–Kier alpha value is -3.89. The molecule has 156 valence electrons. The minimum Gasteiger partial charge on any atom is -0.457 e. The number of ether oxygens (including phenoxy) is 1. The van der Waals surface area contributed by atoms with E-state index in [1.165, 1.54) is 0 Å². The molecular formula is C24H23N5O2. The molecule has 0 aliphatic carbocycles. The van der Waals surface area contributed by atoms with Crippen LogP contribution in [-0.4, -0.2) is 49.0 Å². The highest BCUT2D eigenvalue weighted by atomic mass is 16.5. The molecule has 0 spiro atoms. The fraction of sp³-hybridized carbons (Fsp3) is 0.208. The molecule has 0 radical (unpaired) electrons. The third kappa shape index (κ3) is 4.65. The molecule has 2 N–H and O–H groups in total. The number of hydrogen-bond acceptors (Lipinski definition) is 6. The maximum Gasteiger partial charge on any atom is 0.250 e. The van der Waals surface area contributed by atoms with Crippen molar-refractivity contribution in [3.63, 3.8) is 0 Å². The number of carbonyl (C=O) groups excluding carboxylic acids is 1. The second-order valence-electron chi connectivity index (χ2n) is 7.48. The molecule has 1 amide bonds. The van der Waals surface area contributed by atoms with Gasteiger partial charge in [-0.25, -0.2) is 4.98 Å². The monoisotopic (exact) mass is 413 g/mol. The number of likely N-dealkylation sites (N-methyl/N-ethyl adjacent to an activating group) is 1. The number of hydrogen-bond donors (Lipinski definition) is 1. The van der Waals surface area contributed by atoms with E-state index in [1.807, 2.05) is 30.3 Å². The Morgan fingerprint density at radius 2 is 1.58 bits per heavy atom. The first-order valence-electron chi connectivity index (χ1n) is 10.1. The molecule has 2 heterocycles. The number of nitrogens with two attached hydrogens (primary N) is 1. The molecule has 2 aromatic carbocycles. The quantitative estimate of drug-likeness (QED) is 0.690. The van der Waals surface area contributed by atoms with Crippen molar-refractivity contribution in [1.29, 1.82) is 5.26 Å². The minimum absolute atomic E-state index is 0.388. The molecule has 7 heteroatoms. The summed E-state index contributed by atoms with van der Waals surface area (Å²) in [5.74, 6) is 1.61. The van der Waals surface area contributed by atoms with Gasteiger partial charge in [0.05, 0.1) is 22.9 Å². The largest absolute Gasteiger partial charge is 0.457 e. The first-order valence-corrected chi connectivity index (χ1v) is 10.1. The number of nitriles is 1. The lowest BCUT2D eigenvalue weighted by molar-refractivity contribution is 0.100. The molecular weight excluding hydrogens is 390 g/mol. The zero-order chi connectivity index (χ0) is 21.8. The number of benzene rings is 2. The van der Waals surface area contributed by atoms with Crippen molar-refractivity contribution < 1.29 is 9.53 Å². The van der Waals surface area contributed by atoms with Crippen LogP contribution in [0.25, 0.3) is 11.3 Å². The smallest absolute Gasteiger partial charge is 0.250 e. The van der Waals surface area contributed by atoms with Gasteiger partial charge in [-0.05, 0) is 67.7 Å². The van der Waals surface area contributed by atoms with Gasteiger partial charge in [0, 0.05) is 31.7 Å². The van der Waals surface area contributed by atoms with Crippen LogP contribution in [0.3, 0.4) is 0 Å². The van der Waals surface area contributed by atoms with Gasteiger partial charge in [0.25, 0.3) is 5.91 Å². The van der Waals surface area contributed by atoms with E-state index in [1.54, 1.807) is 30.3 Å². The Bertz CT molecular complexity index is 1110. The lowest BCUT2D eigenvalue weighted by atomic mass is 10.0. The van der Waals surface area contributed by atoms with Crippen LogP contribution in [0.2, 0.25) is 0 Å². The molecule has 0 saturated carbocycles. The van der Waals surface area contributed by atoms with Crippen LogP contribution in [0.5, 0.6) is 11.5 Å². The van der Waals surface area contributed by atoms with E-state index in [0.29, 0.717) is 28.3 Å². The van der Waals surface area contributed by atoms with Crippen molar-refractivity contribution in [3.05, 3.63) is 71.8 Å². The summed E-state index contributed by atoms with van der Waals surface area (Å²) in [4.78, 5) is 21.3. The molecule has 1 aromatic heterocycles. The van der Waals surface area contributed by atoms with Crippen LogP contribution in [0.15, 0.2) is 60.7 Å². The average Bonchev–Trinajstić information content (AvgIpc) is 2.80. The van der Waals surface area contributed by atoms with Gasteiger partial charge >= 0.3 is 0 Å². The third-order valence-corrected chi connectivity index (χ3v) is 5.32. The maximum absolute atomic E-state index is 12.0. The Morgan fingerprint density at radius 1 is 0.968 bits per heavy atom. The summed E-state index contributed by atoms with van der Waals surface area (Å²) in [6.07, 6.45) is 0. The van der Waals surface area contributed by atoms with E-state index in [0.717, 1.165) is 37.6 Å². The number of primary amides is 1. The first-order chi connectivity index (χ1) is 15.0. The molecule has 7 nitrogen and oxygen atoms in total. The van der Waals surface area contributed by atoms with Crippen molar-refractivity contribution in [1.82, 2.24) is 9.88 Å². The predicted octanol–water partition coefficient (Wildman–Crippen LogP) is 3.26. The molecule has 1 aliphatic heterocycles. The Balaban J connectivity index is 1.59. The van der Waals surface area contributed by atoms with E-state index in [9.17, 15) is 4.79 Å². The van der Waals surface area contributed by atoms with Crippen molar-refractivity contribution in [2.24, 2.45) is 5.73 Å². The topological polar surface area (TPSA) is 95.5 Å². The summed E-state index contributed by atoms with van der Waals surface area (Å²) in [7, 11) is 2.11. The maximum atomic E-state index is 12.0. The first kappa shape index (κ1) is 20.4. The second kappa shape index (κ2) is 8.86. The van der Waals surface area contributed by atoms with E-state index in [2.05, 4.69) is 22.9 Å². The van der Waals surface area contributed by atoms with Crippen molar-refractivity contribution in [2.75, 3.05) is 38.1 Å². The van der Waals surface area contributed by atoms with Gasteiger partial charge in [0.15, 0.2) is 0 Å². The zero-order valence-electron chi connectivity index (χ0n) is 17.3. The van der Waals surface area contributed by atoms with Crippen LogP contribution in [0, 0.1) is 11.3 Å². The fourth-order valence-electron chi connectivity index (χ4n) is 3.49. The van der Waals surface area contributed by atoms with E-state index < -0.39 is 5.91 Å². The summed E-state index contributed by atoms with van der Waals surface area (Å²) >= 11 is 0. The van der Waals surface area contributed by atoms with Crippen LogP contribution >= 0.6 is 0 Å². The standard InChI is InChI=1S/C24H23N5O2/c1-28-12-14-29(15-13-28)22-11-10-21(24(26)30)23(27-22)18-4-8-20(9-5-18)31-19-6-2-17(16-25)3-7-19/h2-11H,12-15H2,1H3,(H2,26,30). The van der Waals surface area contributed by atoms with E-state index in [-0.39, 0.29) is 0 Å². The predicted molar refractivity (Wildman–Crippen MR) is 119 cm³/mol. The molecule has 1 aliphatic rings. The van der Waals surface area contributed by atoms with Gasteiger partial charge in [0.1, 0.15) is 17.3 Å². The normalized spacial score (nSPS) is 14.1. The van der Waals surface area contributed by atoms with E-state index >= 15 is 0 Å². The molecule has 0 atom stereocenters. The minimum atomic E-state index is -0.509. The third-order valence-electron chi connectivity index (χ3n) is 5.32. The van der Waals surface area contributed by atoms with E-state index in [4.69, 9.17) is 20.7 Å². The van der Waals surface area contributed by atoms with Crippen molar-refractivity contribution in [2.45, 2.75) is 0 Å². The molecule has 1 fully saturated rings. The highest BCUT2D eigenvalue weighted by Gasteiger charge is 2.19. The van der Waals surface area contributed by atoms with Gasteiger partial charge in [0.2, 0.25) is 0 Å². The number of nitrogens with zero attached hydrogens (tertiary/aromatic N) is 4. The van der Waals surface area contributed by atoms with Crippen molar-refractivity contribution >= 4 is 11.7 Å². The highest BCUT2D eigenvalue weighted by Crippen LogP contribution is 2.29. The van der Waals surface area contributed by atoms with Gasteiger partial charge in [-0.3, -0.25) is 4.79 Å². The van der Waals surface area contributed by atoms with Crippen LogP contribution < -0.4 is 15.4 Å². The Labute approximate surface area is 181 Å². The number of piperazine rings is 1.